The Hall–Kier alpha value is -1.85. The van der Waals surface area contributed by atoms with Crippen LogP contribution >= 0.6 is 0 Å². The van der Waals surface area contributed by atoms with E-state index in [0.717, 1.165) is 44.9 Å². The molecule has 1 fully saturated rings. The quantitative estimate of drug-likeness (QED) is 0.0262. The van der Waals surface area contributed by atoms with Crippen molar-refractivity contribution < 1.29 is 39.8 Å². The fourth-order valence-corrected chi connectivity index (χ4v) is 8.14. The van der Waals surface area contributed by atoms with Crippen LogP contribution in [0.3, 0.4) is 0 Å². The Labute approximate surface area is 386 Å². The van der Waals surface area contributed by atoms with Crippen molar-refractivity contribution in [2.75, 3.05) is 13.2 Å². The number of carbonyl (C=O) groups excluding carboxylic acids is 1. The van der Waals surface area contributed by atoms with Crippen LogP contribution in [0.5, 0.6) is 0 Å². The van der Waals surface area contributed by atoms with E-state index in [0.29, 0.717) is 6.42 Å². The van der Waals surface area contributed by atoms with Gasteiger partial charge in [-0.2, -0.15) is 0 Å². The van der Waals surface area contributed by atoms with Gasteiger partial charge in [-0.3, -0.25) is 4.79 Å². The summed E-state index contributed by atoms with van der Waals surface area (Å²) in [5.74, 6) is -0.191. The molecule has 9 nitrogen and oxygen atoms in total. The molecular weight excluding hydrogens is 791 g/mol. The number of allylic oxidation sites excluding steroid dienone is 7. The molecule has 1 aliphatic heterocycles. The van der Waals surface area contributed by atoms with Gasteiger partial charge in [0.05, 0.1) is 25.4 Å². The Morgan fingerprint density at radius 3 is 1.43 bits per heavy atom. The summed E-state index contributed by atoms with van der Waals surface area (Å²) in [6, 6.07) is -0.824. The molecule has 0 radical (unpaired) electrons. The number of ether oxygens (including phenoxy) is 2. The van der Waals surface area contributed by atoms with Gasteiger partial charge in [0.2, 0.25) is 5.91 Å². The van der Waals surface area contributed by atoms with E-state index < -0.39 is 49.5 Å². The maximum atomic E-state index is 13.0. The van der Waals surface area contributed by atoms with E-state index in [1.54, 1.807) is 6.08 Å². The number of aliphatic hydroxyl groups is 5. The van der Waals surface area contributed by atoms with Crippen LogP contribution in [0.15, 0.2) is 48.6 Å². The first kappa shape index (κ1) is 59.2. The first-order chi connectivity index (χ1) is 30.8. The highest BCUT2D eigenvalue weighted by molar-refractivity contribution is 5.76. The fraction of sp³-hybridized carbons (Fsp3) is 0.833. The average Bonchev–Trinajstić information content (AvgIpc) is 3.28. The Morgan fingerprint density at radius 1 is 0.540 bits per heavy atom. The molecule has 0 spiro atoms. The summed E-state index contributed by atoms with van der Waals surface area (Å²) in [5.41, 5.74) is 0. The fourth-order valence-electron chi connectivity index (χ4n) is 8.14. The standard InChI is InChI=1S/C54H99NO8/c1-3-5-7-9-11-13-15-17-19-20-21-22-23-24-25-26-27-28-30-32-34-36-38-40-42-44-50(58)55-47(46-62-54-53(61)52(60)51(59)49(45-56)63-54)48(57)43-41-39-37-35-33-31-29-18-16-14-12-10-8-6-4-2/h21-22,24-25,33,35,41,43,47-49,51-54,56-57,59-61H,3-20,23,26-32,34,36-40,42,44-46H2,1-2H3,(H,55,58)/b22-21-,25-24-,35-33+,43-41+. The third-order valence-electron chi connectivity index (χ3n) is 12.4. The zero-order valence-corrected chi connectivity index (χ0v) is 40.6. The normalized spacial score (nSPS) is 20.5. The van der Waals surface area contributed by atoms with E-state index in [1.807, 2.05) is 6.08 Å². The highest BCUT2D eigenvalue weighted by Gasteiger charge is 2.44. The van der Waals surface area contributed by atoms with E-state index in [4.69, 9.17) is 9.47 Å². The van der Waals surface area contributed by atoms with Gasteiger partial charge in [0.15, 0.2) is 6.29 Å². The van der Waals surface area contributed by atoms with Crippen LogP contribution in [0, 0.1) is 0 Å². The van der Waals surface area contributed by atoms with Crippen LogP contribution in [0.25, 0.3) is 0 Å². The molecule has 63 heavy (non-hydrogen) atoms. The number of carbonyl (C=O) groups is 1. The van der Waals surface area contributed by atoms with Crippen LogP contribution in [0.1, 0.15) is 232 Å². The summed E-state index contributed by atoms with van der Waals surface area (Å²) < 4.78 is 11.2. The first-order valence-corrected chi connectivity index (χ1v) is 26.4. The molecule has 7 unspecified atom stereocenters. The molecular formula is C54H99NO8. The highest BCUT2D eigenvalue weighted by Crippen LogP contribution is 2.23. The lowest BCUT2D eigenvalue weighted by Crippen LogP contribution is -2.60. The minimum Gasteiger partial charge on any atom is -0.394 e. The lowest BCUT2D eigenvalue weighted by molar-refractivity contribution is -0.302. The SMILES string of the molecule is CCCCCCCCCCC/C=C\C/C=C\CCCCCCCCCCCC(=O)NC(COC1OC(CO)C(O)C(O)C1O)C(O)/C=C/CC/C=C/CCCCCCCCCCC. The molecule has 0 aromatic carbocycles. The molecule has 7 atom stereocenters. The van der Waals surface area contributed by atoms with Crippen LogP contribution in [-0.4, -0.2) is 87.5 Å². The number of aliphatic hydroxyl groups excluding tert-OH is 5. The second kappa shape index (κ2) is 44.0. The van der Waals surface area contributed by atoms with Gasteiger partial charge in [-0.05, 0) is 64.2 Å². The largest absolute Gasteiger partial charge is 0.394 e. The third kappa shape index (κ3) is 34.2. The van der Waals surface area contributed by atoms with Crippen LogP contribution < -0.4 is 5.32 Å². The van der Waals surface area contributed by atoms with Crippen LogP contribution in [0.4, 0.5) is 0 Å². The van der Waals surface area contributed by atoms with Gasteiger partial charge in [0.25, 0.3) is 0 Å². The van der Waals surface area contributed by atoms with E-state index >= 15 is 0 Å². The van der Waals surface area contributed by atoms with E-state index in [-0.39, 0.29) is 12.5 Å². The predicted molar refractivity (Wildman–Crippen MR) is 263 cm³/mol. The van der Waals surface area contributed by atoms with Crippen molar-refractivity contribution in [3.05, 3.63) is 48.6 Å². The van der Waals surface area contributed by atoms with Gasteiger partial charge in [0.1, 0.15) is 24.4 Å². The molecule has 1 saturated heterocycles. The van der Waals surface area contributed by atoms with Gasteiger partial charge in [-0.15, -0.1) is 0 Å². The van der Waals surface area contributed by atoms with E-state index in [9.17, 15) is 30.3 Å². The topological polar surface area (TPSA) is 149 Å². The van der Waals surface area contributed by atoms with Crippen molar-refractivity contribution in [3.63, 3.8) is 0 Å². The summed E-state index contributed by atoms with van der Waals surface area (Å²) in [5, 5.41) is 54.3. The molecule has 368 valence electrons. The zero-order chi connectivity index (χ0) is 45.9. The number of unbranched alkanes of at least 4 members (excludes halogenated alkanes) is 28. The maximum absolute atomic E-state index is 13.0. The minimum absolute atomic E-state index is 0.191. The third-order valence-corrected chi connectivity index (χ3v) is 12.4. The summed E-state index contributed by atoms with van der Waals surface area (Å²) >= 11 is 0. The number of rotatable bonds is 44. The number of hydrogen-bond donors (Lipinski definition) is 6. The van der Waals surface area contributed by atoms with Crippen molar-refractivity contribution in [1.82, 2.24) is 5.32 Å². The molecule has 0 aliphatic carbocycles. The summed E-state index contributed by atoms with van der Waals surface area (Å²) in [6.07, 6.45) is 50.2. The summed E-state index contributed by atoms with van der Waals surface area (Å²) in [6.45, 7) is 3.76. The zero-order valence-electron chi connectivity index (χ0n) is 40.6. The number of hydrogen-bond acceptors (Lipinski definition) is 8. The first-order valence-electron chi connectivity index (χ1n) is 26.4. The molecule has 0 bridgehead atoms. The van der Waals surface area contributed by atoms with Gasteiger partial charge in [-0.25, -0.2) is 0 Å². The van der Waals surface area contributed by atoms with Crippen molar-refractivity contribution in [1.29, 1.82) is 0 Å². The lowest BCUT2D eigenvalue weighted by Gasteiger charge is -2.40. The Balaban J connectivity index is 2.27. The van der Waals surface area contributed by atoms with Crippen molar-refractivity contribution in [3.8, 4) is 0 Å². The molecule has 1 rings (SSSR count). The van der Waals surface area contributed by atoms with E-state index in [1.165, 1.54) is 167 Å². The molecule has 0 aromatic heterocycles. The van der Waals surface area contributed by atoms with Gasteiger partial charge in [0, 0.05) is 6.42 Å². The molecule has 9 heteroatoms. The van der Waals surface area contributed by atoms with Gasteiger partial charge < -0.3 is 40.3 Å². The Kier molecular flexibility index (Phi) is 41.3. The summed E-state index contributed by atoms with van der Waals surface area (Å²) in [4.78, 5) is 13.0. The van der Waals surface area contributed by atoms with Crippen LogP contribution in [-0.2, 0) is 14.3 Å². The molecule has 1 aliphatic rings. The minimum atomic E-state index is -1.57. The van der Waals surface area contributed by atoms with E-state index in [2.05, 4.69) is 55.6 Å². The molecule has 0 aromatic rings. The molecule has 1 amide bonds. The summed E-state index contributed by atoms with van der Waals surface area (Å²) in [7, 11) is 0. The van der Waals surface area contributed by atoms with Gasteiger partial charge in [-0.1, -0.05) is 210 Å². The Bertz CT molecular complexity index is 1130. The highest BCUT2D eigenvalue weighted by atomic mass is 16.7. The van der Waals surface area contributed by atoms with Gasteiger partial charge >= 0.3 is 0 Å². The monoisotopic (exact) mass is 890 g/mol. The molecule has 1 heterocycles. The molecule has 0 saturated carbocycles. The van der Waals surface area contributed by atoms with Crippen molar-refractivity contribution in [2.24, 2.45) is 0 Å². The van der Waals surface area contributed by atoms with Crippen molar-refractivity contribution >= 4 is 5.91 Å². The maximum Gasteiger partial charge on any atom is 0.220 e. The predicted octanol–water partition coefficient (Wildman–Crippen LogP) is 12.2. The second-order valence-electron chi connectivity index (χ2n) is 18.3. The second-order valence-corrected chi connectivity index (χ2v) is 18.3. The average molecular weight is 890 g/mol. The lowest BCUT2D eigenvalue weighted by atomic mass is 9.99. The Morgan fingerprint density at radius 2 is 0.952 bits per heavy atom. The number of amides is 1. The van der Waals surface area contributed by atoms with Crippen molar-refractivity contribution in [2.45, 2.75) is 275 Å². The molecule has 6 N–H and O–H groups in total. The smallest absolute Gasteiger partial charge is 0.220 e. The van der Waals surface area contributed by atoms with Crippen LogP contribution in [0.2, 0.25) is 0 Å². The number of nitrogens with one attached hydrogen (secondary N) is 1.